The van der Waals surface area contributed by atoms with E-state index < -0.39 is 5.97 Å². The molecule has 3 aromatic carbocycles. The highest BCUT2D eigenvalue weighted by Gasteiger charge is 2.17. The maximum atomic E-state index is 12.4. The van der Waals surface area contributed by atoms with E-state index in [2.05, 4.69) is 15.9 Å². The summed E-state index contributed by atoms with van der Waals surface area (Å²) < 4.78 is 16.9. The Kier molecular flexibility index (Phi) is 5.44. The van der Waals surface area contributed by atoms with Crippen molar-refractivity contribution in [1.82, 2.24) is 0 Å². The van der Waals surface area contributed by atoms with Crippen molar-refractivity contribution in [2.24, 2.45) is 0 Å². The van der Waals surface area contributed by atoms with E-state index in [1.165, 1.54) is 6.08 Å². The van der Waals surface area contributed by atoms with E-state index in [9.17, 15) is 9.59 Å². The number of fused-ring (bicyclic) bond motifs is 1. The molecule has 0 aromatic heterocycles. The maximum Gasteiger partial charge on any atom is 0.343 e. The first-order valence-electron chi connectivity index (χ1n) is 8.78. The van der Waals surface area contributed by atoms with Gasteiger partial charge in [-0.25, -0.2) is 4.79 Å². The number of rotatable bonds is 5. The van der Waals surface area contributed by atoms with Gasteiger partial charge in [0.15, 0.2) is 17.3 Å². The molecule has 0 amide bonds. The van der Waals surface area contributed by atoms with Gasteiger partial charge < -0.3 is 14.2 Å². The lowest BCUT2D eigenvalue weighted by molar-refractivity contribution is 0.0734. The second-order valence-corrected chi connectivity index (χ2v) is 7.15. The Balaban J connectivity index is 1.45. The predicted molar refractivity (Wildman–Crippen MR) is 111 cm³/mol. The molecule has 0 bridgehead atoms. The number of hydrogen-bond acceptors (Lipinski definition) is 5. The second kappa shape index (κ2) is 8.32. The summed E-state index contributed by atoms with van der Waals surface area (Å²) in [4.78, 5) is 24.7. The second-order valence-electron chi connectivity index (χ2n) is 6.23. The molecule has 1 heterocycles. The fourth-order valence-corrected chi connectivity index (χ4v) is 3.02. The van der Waals surface area contributed by atoms with Gasteiger partial charge in [0.2, 0.25) is 6.79 Å². The van der Waals surface area contributed by atoms with Crippen LogP contribution in [-0.2, 0) is 0 Å². The first-order valence-corrected chi connectivity index (χ1v) is 9.58. The molecule has 4 rings (SSSR count). The summed E-state index contributed by atoms with van der Waals surface area (Å²) in [5, 5.41) is 0. The van der Waals surface area contributed by atoms with Crippen LogP contribution in [0.2, 0.25) is 0 Å². The number of hydrogen-bond donors (Lipinski definition) is 0. The molecular formula is C23H15BrO5. The Morgan fingerprint density at radius 3 is 2.48 bits per heavy atom. The Hall–Kier alpha value is -3.38. The maximum absolute atomic E-state index is 12.4. The van der Waals surface area contributed by atoms with E-state index in [1.807, 2.05) is 18.2 Å². The highest BCUT2D eigenvalue weighted by molar-refractivity contribution is 9.10. The number of carbonyl (C=O) groups excluding carboxylic acids is 2. The molecule has 0 atom stereocenters. The summed E-state index contributed by atoms with van der Waals surface area (Å²) in [7, 11) is 0. The van der Waals surface area contributed by atoms with Gasteiger partial charge in [0.25, 0.3) is 0 Å². The molecule has 0 aliphatic carbocycles. The fraction of sp³-hybridized carbons (Fsp3) is 0.0435. The number of carbonyl (C=O) groups is 2. The summed E-state index contributed by atoms with van der Waals surface area (Å²) >= 11 is 3.35. The Labute approximate surface area is 175 Å². The molecule has 5 nitrogen and oxygen atoms in total. The van der Waals surface area contributed by atoms with Gasteiger partial charge in [-0.3, -0.25) is 4.79 Å². The fourth-order valence-electron chi connectivity index (χ4n) is 2.75. The van der Waals surface area contributed by atoms with Crippen molar-refractivity contribution in [3.05, 3.63) is 94.0 Å². The third-order valence-corrected chi connectivity index (χ3v) is 4.76. The van der Waals surface area contributed by atoms with Crippen LogP contribution in [0, 0.1) is 0 Å². The normalized spacial score (nSPS) is 12.2. The lowest BCUT2D eigenvalue weighted by atomic mass is 10.1. The van der Waals surface area contributed by atoms with Crippen LogP contribution in [0.3, 0.4) is 0 Å². The zero-order valence-corrected chi connectivity index (χ0v) is 16.7. The van der Waals surface area contributed by atoms with Crippen LogP contribution in [0.15, 0.2) is 77.3 Å². The minimum Gasteiger partial charge on any atom is -0.454 e. The lowest BCUT2D eigenvalue weighted by Crippen LogP contribution is -2.08. The summed E-state index contributed by atoms with van der Waals surface area (Å²) in [5.74, 6) is 0.883. The first-order chi connectivity index (χ1) is 14.1. The van der Waals surface area contributed by atoms with Crippen molar-refractivity contribution in [3.8, 4) is 17.2 Å². The molecule has 3 aromatic rings. The average Bonchev–Trinajstić information content (AvgIpc) is 3.20. The monoisotopic (exact) mass is 450 g/mol. The largest absolute Gasteiger partial charge is 0.454 e. The number of ketones is 1. The molecular weight excluding hydrogens is 436 g/mol. The van der Waals surface area contributed by atoms with Crippen molar-refractivity contribution in [1.29, 1.82) is 0 Å². The third-order valence-electron chi connectivity index (χ3n) is 4.23. The van der Waals surface area contributed by atoms with Crippen LogP contribution in [0.4, 0.5) is 0 Å². The van der Waals surface area contributed by atoms with Crippen LogP contribution in [0.1, 0.15) is 26.3 Å². The zero-order chi connectivity index (χ0) is 20.2. The minimum atomic E-state index is -0.504. The summed E-state index contributed by atoms with van der Waals surface area (Å²) in [5.41, 5.74) is 1.70. The SMILES string of the molecule is O=C(C=Cc1cccc(OC(=O)c2ccc3c(c2)OCO3)c1)c1ccc(Br)cc1. The van der Waals surface area contributed by atoms with Gasteiger partial charge in [0, 0.05) is 10.0 Å². The number of ether oxygens (including phenoxy) is 3. The quantitative estimate of drug-likeness (QED) is 0.228. The van der Waals surface area contributed by atoms with Gasteiger partial charge in [-0.1, -0.05) is 34.1 Å². The molecule has 29 heavy (non-hydrogen) atoms. The Morgan fingerprint density at radius 2 is 1.66 bits per heavy atom. The molecule has 0 saturated heterocycles. The number of halogens is 1. The highest BCUT2D eigenvalue weighted by atomic mass is 79.9. The molecule has 1 aliphatic rings. The van der Waals surface area contributed by atoms with Crippen molar-refractivity contribution in [3.63, 3.8) is 0 Å². The van der Waals surface area contributed by atoms with Crippen molar-refractivity contribution in [2.45, 2.75) is 0 Å². The van der Waals surface area contributed by atoms with Crippen LogP contribution >= 0.6 is 15.9 Å². The van der Waals surface area contributed by atoms with Gasteiger partial charge >= 0.3 is 5.97 Å². The number of allylic oxidation sites excluding steroid dienone is 1. The summed E-state index contributed by atoms with van der Waals surface area (Å²) in [6.07, 6.45) is 3.17. The molecule has 6 heteroatoms. The van der Waals surface area contributed by atoms with Crippen molar-refractivity contribution >= 4 is 33.8 Å². The molecule has 0 radical (unpaired) electrons. The van der Waals surface area contributed by atoms with Gasteiger partial charge in [-0.15, -0.1) is 0 Å². The molecule has 0 N–H and O–H groups in total. The molecule has 0 spiro atoms. The third kappa shape index (κ3) is 4.55. The van der Waals surface area contributed by atoms with E-state index in [4.69, 9.17) is 14.2 Å². The molecule has 0 unspecified atom stereocenters. The van der Waals surface area contributed by atoms with Gasteiger partial charge in [-0.05, 0) is 66.2 Å². The smallest absolute Gasteiger partial charge is 0.343 e. The van der Waals surface area contributed by atoms with Crippen LogP contribution < -0.4 is 14.2 Å². The van der Waals surface area contributed by atoms with Gasteiger partial charge in [0.1, 0.15) is 5.75 Å². The van der Waals surface area contributed by atoms with E-state index in [0.29, 0.717) is 28.4 Å². The first kappa shape index (κ1) is 19.0. The summed E-state index contributed by atoms with van der Waals surface area (Å²) in [6, 6.07) is 19.0. The van der Waals surface area contributed by atoms with Crippen LogP contribution in [0.5, 0.6) is 17.2 Å². The molecule has 1 aliphatic heterocycles. The minimum absolute atomic E-state index is 0.111. The van der Waals surface area contributed by atoms with E-state index in [1.54, 1.807) is 54.6 Å². The van der Waals surface area contributed by atoms with Crippen molar-refractivity contribution < 1.29 is 23.8 Å². The zero-order valence-electron chi connectivity index (χ0n) is 15.1. The van der Waals surface area contributed by atoms with E-state index >= 15 is 0 Å². The van der Waals surface area contributed by atoms with Crippen molar-refractivity contribution in [2.75, 3.05) is 6.79 Å². The Morgan fingerprint density at radius 1 is 0.897 bits per heavy atom. The standard InChI is InChI=1S/C23H15BrO5/c24-18-8-5-16(6-9-18)20(25)10-4-15-2-1-3-19(12-15)29-23(26)17-7-11-21-22(13-17)28-14-27-21/h1-13H,14H2. The number of esters is 1. The van der Waals surface area contributed by atoms with Gasteiger partial charge in [-0.2, -0.15) is 0 Å². The van der Waals surface area contributed by atoms with E-state index in [0.717, 1.165) is 10.0 Å². The molecule has 0 saturated carbocycles. The molecule has 144 valence electrons. The van der Waals surface area contributed by atoms with Crippen LogP contribution in [0.25, 0.3) is 6.08 Å². The average molecular weight is 451 g/mol. The van der Waals surface area contributed by atoms with Crippen LogP contribution in [-0.4, -0.2) is 18.5 Å². The number of benzene rings is 3. The Bertz CT molecular complexity index is 1100. The predicted octanol–water partition coefficient (Wildman–Crippen LogP) is 5.29. The topological polar surface area (TPSA) is 61.8 Å². The van der Waals surface area contributed by atoms with Gasteiger partial charge in [0.05, 0.1) is 5.56 Å². The molecule has 0 fully saturated rings. The lowest BCUT2D eigenvalue weighted by Gasteiger charge is -2.06. The summed E-state index contributed by atoms with van der Waals surface area (Å²) in [6.45, 7) is 0.140. The highest BCUT2D eigenvalue weighted by Crippen LogP contribution is 2.32. The van der Waals surface area contributed by atoms with E-state index in [-0.39, 0.29) is 12.6 Å².